The molecule has 1 aromatic heterocycles. The van der Waals surface area contributed by atoms with Crippen LogP contribution in [0.2, 0.25) is 0 Å². The van der Waals surface area contributed by atoms with E-state index in [2.05, 4.69) is 4.98 Å². The van der Waals surface area contributed by atoms with Gasteiger partial charge in [0.2, 0.25) is 5.95 Å². The standard InChI is InChI=1S/C8H11N3O/c1-6-5-9-8-10(2)3-4-11(8)7(6)12/h5H,3-4H2,1-2H3. The lowest BCUT2D eigenvalue weighted by Crippen LogP contribution is -2.21. The molecule has 4 nitrogen and oxygen atoms in total. The molecule has 0 fully saturated rings. The van der Waals surface area contributed by atoms with Gasteiger partial charge in [0.15, 0.2) is 0 Å². The third-order valence-electron chi connectivity index (χ3n) is 2.20. The maximum atomic E-state index is 11.5. The van der Waals surface area contributed by atoms with Crippen molar-refractivity contribution < 1.29 is 0 Å². The van der Waals surface area contributed by atoms with E-state index in [1.165, 1.54) is 0 Å². The van der Waals surface area contributed by atoms with Gasteiger partial charge in [-0.25, -0.2) is 4.98 Å². The number of rotatable bonds is 0. The molecule has 0 saturated carbocycles. The quantitative estimate of drug-likeness (QED) is 0.543. The Kier molecular flexibility index (Phi) is 1.43. The molecule has 0 aromatic carbocycles. The van der Waals surface area contributed by atoms with Gasteiger partial charge < -0.3 is 4.90 Å². The van der Waals surface area contributed by atoms with Crippen molar-refractivity contribution in [1.82, 2.24) is 9.55 Å². The van der Waals surface area contributed by atoms with Crippen LogP contribution in [0, 0.1) is 6.92 Å². The highest BCUT2D eigenvalue weighted by molar-refractivity contribution is 5.33. The lowest BCUT2D eigenvalue weighted by molar-refractivity contribution is 0.750. The Hall–Kier alpha value is -1.32. The molecule has 1 aliphatic rings. The third-order valence-corrected chi connectivity index (χ3v) is 2.20. The Morgan fingerprint density at radius 3 is 3.00 bits per heavy atom. The fraction of sp³-hybridized carbons (Fsp3) is 0.500. The summed E-state index contributed by atoms with van der Waals surface area (Å²) in [6.45, 7) is 3.44. The highest BCUT2D eigenvalue weighted by atomic mass is 16.1. The van der Waals surface area contributed by atoms with Crippen molar-refractivity contribution in [1.29, 1.82) is 0 Å². The fourth-order valence-electron chi connectivity index (χ4n) is 1.44. The first kappa shape index (κ1) is 7.34. The van der Waals surface area contributed by atoms with E-state index in [-0.39, 0.29) is 5.56 Å². The summed E-state index contributed by atoms with van der Waals surface area (Å²) < 4.78 is 1.72. The highest BCUT2D eigenvalue weighted by Crippen LogP contribution is 2.12. The Morgan fingerprint density at radius 1 is 1.50 bits per heavy atom. The van der Waals surface area contributed by atoms with Gasteiger partial charge in [0.05, 0.1) is 0 Å². The maximum absolute atomic E-state index is 11.5. The van der Waals surface area contributed by atoms with Gasteiger partial charge in [-0.1, -0.05) is 0 Å². The summed E-state index contributed by atoms with van der Waals surface area (Å²) in [6, 6.07) is 0. The first-order valence-electron chi connectivity index (χ1n) is 3.98. The summed E-state index contributed by atoms with van der Waals surface area (Å²) >= 11 is 0. The number of likely N-dealkylation sites (N-methyl/N-ethyl adjacent to an activating group) is 1. The van der Waals surface area contributed by atoms with Crippen molar-refractivity contribution in [3.63, 3.8) is 0 Å². The van der Waals surface area contributed by atoms with E-state index in [0.717, 1.165) is 19.0 Å². The summed E-state index contributed by atoms with van der Waals surface area (Å²) in [5, 5.41) is 0. The summed E-state index contributed by atoms with van der Waals surface area (Å²) in [5.74, 6) is 0.783. The van der Waals surface area contributed by atoms with E-state index in [0.29, 0.717) is 5.56 Å². The van der Waals surface area contributed by atoms with E-state index < -0.39 is 0 Å². The Bertz CT molecular complexity index is 369. The summed E-state index contributed by atoms with van der Waals surface area (Å²) in [4.78, 5) is 17.7. The van der Waals surface area contributed by atoms with E-state index in [1.54, 1.807) is 17.7 Å². The van der Waals surface area contributed by atoms with Gasteiger partial charge >= 0.3 is 0 Å². The Morgan fingerprint density at radius 2 is 2.25 bits per heavy atom. The predicted molar refractivity (Wildman–Crippen MR) is 46.5 cm³/mol. The molecule has 1 aromatic rings. The number of anilines is 1. The number of aryl methyl sites for hydroxylation is 1. The minimum Gasteiger partial charge on any atom is -0.343 e. The molecule has 0 unspecified atom stereocenters. The van der Waals surface area contributed by atoms with Crippen molar-refractivity contribution in [3.8, 4) is 0 Å². The van der Waals surface area contributed by atoms with Crippen LogP contribution >= 0.6 is 0 Å². The van der Waals surface area contributed by atoms with Crippen LogP contribution in [0.4, 0.5) is 5.95 Å². The van der Waals surface area contributed by atoms with E-state index in [1.807, 2.05) is 11.9 Å². The number of hydrogen-bond donors (Lipinski definition) is 0. The fourth-order valence-corrected chi connectivity index (χ4v) is 1.44. The van der Waals surface area contributed by atoms with Crippen molar-refractivity contribution in [2.75, 3.05) is 18.5 Å². The molecule has 0 bridgehead atoms. The zero-order chi connectivity index (χ0) is 8.72. The van der Waals surface area contributed by atoms with Crippen molar-refractivity contribution in [2.45, 2.75) is 13.5 Å². The number of aromatic nitrogens is 2. The first-order chi connectivity index (χ1) is 5.70. The van der Waals surface area contributed by atoms with Gasteiger partial charge in [-0.2, -0.15) is 0 Å². The molecule has 12 heavy (non-hydrogen) atoms. The largest absolute Gasteiger partial charge is 0.343 e. The topological polar surface area (TPSA) is 38.1 Å². The summed E-state index contributed by atoms with van der Waals surface area (Å²) in [5.41, 5.74) is 0.804. The highest BCUT2D eigenvalue weighted by Gasteiger charge is 2.17. The third kappa shape index (κ3) is 0.841. The Balaban J connectivity index is 2.69. The van der Waals surface area contributed by atoms with Crippen molar-refractivity contribution in [3.05, 3.63) is 22.1 Å². The van der Waals surface area contributed by atoms with Crippen molar-refractivity contribution in [2.24, 2.45) is 0 Å². The van der Waals surface area contributed by atoms with Gasteiger partial charge in [0.1, 0.15) is 0 Å². The lowest BCUT2D eigenvalue weighted by atomic mass is 10.4. The second kappa shape index (κ2) is 2.33. The zero-order valence-corrected chi connectivity index (χ0v) is 7.24. The number of nitrogens with zero attached hydrogens (tertiary/aromatic N) is 3. The molecule has 0 saturated heterocycles. The molecule has 0 radical (unpaired) electrons. The molecular formula is C8H11N3O. The monoisotopic (exact) mass is 165 g/mol. The van der Waals surface area contributed by atoms with Crippen LogP contribution in [-0.2, 0) is 6.54 Å². The predicted octanol–water partition coefficient (Wildman–Crippen LogP) is 0.00152. The molecule has 0 atom stereocenters. The van der Waals surface area contributed by atoms with Gasteiger partial charge in [0, 0.05) is 31.9 Å². The van der Waals surface area contributed by atoms with Gasteiger partial charge in [-0.15, -0.1) is 0 Å². The summed E-state index contributed by atoms with van der Waals surface area (Å²) in [7, 11) is 1.95. The average molecular weight is 165 g/mol. The summed E-state index contributed by atoms with van der Waals surface area (Å²) in [6.07, 6.45) is 1.63. The van der Waals surface area contributed by atoms with Crippen LogP contribution in [0.15, 0.2) is 11.0 Å². The molecule has 2 heterocycles. The second-order valence-corrected chi connectivity index (χ2v) is 3.12. The lowest BCUT2D eigenvalue weighted by Gasteiger charge is -2.08. The minimum atomic E-state index is 0.0874. The second-order valence-electron chi connectivity index (χ2n) is 3.12. The SMILES string of the molecule is Cc1cnc2n(c1=O)CCN2C. The van der Waals surface area contributed by atoms with Crippen LogP contribution in [-0.4, -0.2) is 23.1 Å². The molecule has 0 amide bonds. The first-order valence-corrected chi connectivity index (χ1v) is 3.98. The van der Waals surface area contributed by atoms with Crippen LogP contribution in [0.1, 0.15) is 5.56 Å². The smallest absolute Gasteiger partial charge is 0.257 e. The van der Waals surface area contributed by atoms with Crippen LogP contribution in [0.5, 0.6) is 0 Å². The molecule has 2 rings (SSSR count). The van der Waals surface area contributed by atoms with Crippen LogP contribution in [0.25, 0.3) is 0 Å². The molecular weight excluding hydrogens is 154 g/mol. The molecule has 0 N–H and O–H groups in total. The molecule has 64 valence electrons. The molecule has 0 spiro atoms. The van der Waals surface area contributed by atoms with E-state index >= 15 is 0 Å². The maximum Gasteiger partial charge on any atom is 0.257 e. The van der Waals surface area contributed by atoms with Crippen molar-refractivity contribution >= 4 is 5.95 Å². The van der Waals surface area contributed by atoms with Gasteiger partial charge in [-0.05, 0) is 6.92 Å². The Labute approximate surface area is 70.5 Å². The molecule has 4 heteroatoms. The minimum absolute atomic E-state index is 0.0874. The molecule has 1 aliphatic heterocycles. The molecule has 0 aliphatic carbocycles. The normalized spacial score (nSPS) is 15.0. The van der Waals surface area contributed by atoms with Gasteiger partial charge in [-0.3, -0.25) is 9.36 Å². The zero-order valence-electron chi connectivity index (χ0n) is 7.24. The number of fused-ring (bicyclic) bond motifs is 1. The van der Waals surface area contributed by atoms with Gasteiger partial charge in [0.25, 0.3) is 5.56 Å². The average Bonchev–Trinajstić information content (AvgIpc) is 2.41. The van der Waals surface area contributed by atoms with Crippen LogP contribution in [0.3, 0.4) is 0 Å². The van der Waals surface area contributed by atoms with Crippen LogP contribution < -0.4 is 10.5 Å². The van der Waals surface area contributed by atoms with E-state index in [4.69, 9.17) is 0 Å². The number of hydrogen-bond acceptors (Lipinski definition) is 3. The van der Waals surface area contributed by atoms with E-state index in [9.17, 15) is 4.79 Å².